The molecule has 1 heterocycles. The second-order valence-electron chi connectivity index (χ2n) is 7.30. The van der Waals surface area contributed by atoms with E-state index in [9.17, 15) is 9.90 Å². The van der Waals surface area contributed by atoms with Crippen LogP contribution in [-0.4, -0.2) is 52.6 Å². The standard InChI is InChI=1S/C15H25NO4/c1-15(2,3)20-14(18)16-9-6-11(12(16)8-17)13(7-9)19-10-4-5-10/h9-13,17H,4-8H2,1-3H3/t9-,11-,12+,13+/m1/s1. The molecule has 0 spiro atoms. The molecular formula is C15H25NO4. The van der Waals surface area contributed by atoms with Crippen molar-refractivity contribution in [3.63, 3.8) is 0 Å². The number of likely N-dealkylation sites (tertiary alicyclic amines) is 1. The highest BCUT2D eigenvalue weighted by atomic mass is 16.6. The topological polar surface area (TPSA) is 59.0 Å². The van der Waals surface area contributed by atoms with E-state index >= 15 is 0 Å². The summed E-state index contributed by atoms with van der Waals surface area (Å²) >= 11 is 0. The van der Waals surface area contributed by atoms with Crippen molar-refractivity contribution in [2.24, 2.45) is 5.92 Å². The SMILES string of the molecule is CC(C)(C)OC(=O)N1[C@@H]2C[C@@H]([C@@H](OC3CC3)C2)[C@@H]1CO. The normalized spacial score (nSPS) is 36.5. The molecule has 0 radical (unpaired) electrons. The van der Waals surface area contributed by atoms with Gasteiger partial charge in [0, 0.05) is 12.0 Å². The number of carbonyl (C=O) groups is 1. The maximum atomic E-state index is 12.3. The third kappa shape index (κ3) is 2.66. The molecular weight excluding hydrogens is 258 g/mol. The van der Waals surface area contributed by atoms with Crippen LogP contribution >= 0.6 is 0 Å². The number of nitrogens with zero attached hydrogens (tertiary/aromatic N) is 1. The third-order valence-corrected chi connectivity index (χ3v) is 4.45. The highest BCUT2D eigenvalue weighted by Crippen LogP contribution is 2.46. The van der Waals surface area contributed by atoms with Gasteiger partial charge in [0.05, 0.1) is 24.9 Å². The number of hydrogen-bond donors (Lipinski definition) is 1. The summed E-state index contributed by atoms with van der Waals surface area (Å²) in [6, 6.07) is 0.0168. The highest BCUT2D eigenvalue weighted by molar-refractivity contribution is 5.70. The number of piperidine rings is 1. The van der Waals surface area contributed by atoms with Gasteiger partial charge in [-0.15, -0.1) is 0 Å². The maximum Gasteiger partial charge on any atom is 0.410 e. The number of amides is 1. The monoisotopic (exact) mass is 283 g/mol. The second kappa shape index (κ2) is 4.88. The molecule has 5 heteroatoms. The largest absolute Gasteiger partial charge is 0.444 e. The molecule has 0 aromatic rings. The lowest BCUT2D eigenvalue weighted by molar-refractivity contribution is -0.0515. The van der Waals surface area contributed by atoms with E-state index in [0.29, 0.717) is 6.10 Å². The number of aliphatic hydroxyl groups excluding tert-OH is 1. The molecule has 1 N–H and O–H groups in total. The minimum atomic E-state index is -0.497. The molecule has 3 aliphatic rings. The zero-order valence-corrected chi connectivity index (χ0v) is 12.5. The summed E-state index contributed by atoms with van der Waals surface area (Å²) in [5, 5.41) is 9.67. The van der Waals surface area contributed by atoms with Gasteiger partial charge in [-0.3, -0.25) is 4.90 Å². The Morgan fingerprint density at radius 1 is 1.30 bits per heavy atom. The molecule has 1 saturated heterocycles. The fourth-order valence-electron chi connectivity index (χ4n) is 3.54. The summed E-state index contributed by atoms with van der Waals surface area (Å²) in [6.07, 6.45) is 4.48. The Labute approximate surface area is 120 Å². The van der Waals surface area contributed by atoms with Gasteiger partial charge in [0.15, 0.2) is 0 Å². The predicted octanol–water partition coefficient (Wildman–Crippen LogP) is 1.92. The summed E-state index contributed by atoms with van der Waals surface area (Å²) < 4.78 is 11.5. The Hall–Kier alpha value is -0.810. The van der Waals surface area contributed by atoms with E-state index in [2.05, 4.69) is 0 Å². The Morgan fingerprint density at radius 2 is 2.00 bits per heavy atom. The quantitative estimate of drug-likeness (QED) is 0.859. The van der Waals surface area contributed by atoms with Gasteiger partial charge in [0.2, 0.25) is 0 Å². The zero-order chi connectivity index (χ0) is 14.5. The van der Waals surface area contributed by atoms with Crippen LogP contribution in [0.25, 0.3) is 0 Å². The molecule has 3 fully saturated rings. The van der Waals surface area contributed by atoms with Crippen molar-refractivity contribution in [3.05, 3.63) is 0 Å². The predicted molar refractivity (Wildman–Crippen MR) is 73.4 cm³/mol. The van der Waals surface area contributed by atoms with Gasteiger partial charge in [-0.05, 0) is 46.5 Å². The third-order valence-electron chi connectivity index (χ3n) is 4.45. The molecule has 20 heavy (non-hydrogen) atoms. The van der Waals surface area contributed by atoms with E-state index in [1.165, 1.54) is 0 Å². The maximum absolute atomic E-state index is 12.3. The first-order chi connectivity index (χ1) is 9.39. The Kier molecular flexibility index (Phi) is 3.45. The average molecular weight is 283 g/mol. The lowest BCUT2D eigenvalue weighted by atomic mass is 9.96. The summed E-state index contributed by atoms with van der Waals surface area (Å²) in [5.41, 5.74) is -0.497. The summed E-state index contributed by atoms with van der Waals surface area (Å²) in [4.78, 5) is 14.1. The van der Waals surface area contributed by atoms with Crippen LogP contribution in [0.3, 0.4) is 0 Å². The summed E-state index contributed by atoms with van der Waals surface area (Å²) in [7, 11) is 0. The van der Waals surface area contributed by atoms with Gasteiger partial charge >= 0.3 is 6.09 Å². The van der Waals surface area contributed by atoms with E-state index in [-0.39, 0.29) is 36.8 Å². The van der Waals surface area contributed by atoms with Crippen LogP contribution in [0.15, 0.2) is 0 Å². The van der Waals surface area contributed by atoms with Gasteiger partial charge in [0.1, 0.15) is 5.60 Å². The molecule has 4 atom stereocenters. The van der Waals surface area contributed by atoms with E-state index < -0.39 is 5.60 Å². The van der Waals surface area contributed by atoms with Gasteiger partial charge in [0.25, 0.3) is 0 Å². The molecule has 5 nitrogen and oxygen atoms in total. The smallest absolute Gasteiger partial charge is 0.410 e. The number of ether oxygens (including phenoxy) is 2. The first-order valence-electron chi connectivity index (χ1n) is 7.66. The number of aliphatic hydroxyl groups is 1. The molecule has 2 bridgehead atoms. The molecule has 2 aliphatic carbocycles. The fraction of sp³-hybridized carbons (Fsp3) is 0.933. The number of carbonyl (C=O) groups excluding carboxylic acids is 1. The first kappa shape index (κ1) is 14.1. The average Bonchev–Trinajstić information content (AvgIpc) is 2.95. The summed E-state index contributed by atoms with van der Waals surface area (Å²) in [5.74, 6) is 0.262. The van der Waals surface area contributed by atoms with E-state index in [1.54, 1.807) is 4.90 Å². The van der Waals surface area contributed by atoms with Crippen LogP contribution in [0, 0.1) is 5.92 Å². The molecule has 0 aromatic heterocycles. The van der Waals surface area contributed by atoms with Crippen molar-refractivity contribution in [1.82, 2.24) is 4.90 Å². The van der Waals surface area contributed by atoms with Crippen LogP contribution in [0.2, 0.25) is 0 Å². The second-order valence-corrected chi connectivity index (χ2v) is 7.30. The van der Waals surface area contributed by atoms with Crippen LogP contribution in [-0.2, 0) is 9.47 Å². The Balaban J connectivity index is 1.67. The van der Waals surface area contributed by atoms with Crippen molar-refractivity contribution in [2.75, 3.05) is 6.61 Å². The van der Waals surface area contributed by atoms with Crippen molar-refractivity contribution in [2.45, 2.75) is 76.3 Å². The molecule has 0 unspecified atom stereocenters. The fourth-order valence-corrected chi connectivity index (χ4v) is 3.54. The number of hydrogen-bond acceptors (Lipinski definition) is 4. The molecule has 1 amide bonds. The van der Waals surface area contributed by atoms with Crippen LogP contribution < -0.4 is 0 Å². The van der Waals surface area contributed by atoms with Gasteiger partial charge in [-0.1, -0.05) is 0 Å². The van der Waals surface area contributed by atoms with Gasteiger partial charge in [-0.25, -0.2) is 4.79 Å². The minimum absolute atomic E-state index is 0.00899. The van der Waals surface area contributed by atoms with Crippen molar-refractivity contribution in [1.29, 1.82) is 0 Å². The lowest BCUT2D eigenvalue weighted by Crippen LogP contribution is -2.52. The number of fused-ring (bicyclic) bond motifs is 2. The molecule has 2 saturated carbocycles. The highest BCUT2D eigenvalue weighted by Gasteiger charge is 2.55. The molecule has 1 aliphatic heterocycles. The van der Waals surface area contributed by atoms with Crippen molar-refractivity contribution < 1.29 is 19.4 Å². The van der Waals surface area contributed by atoms with Crippen molar-refractivity contribution in [3.8, 4) is 0 Å². The Bertz CT molecular complexity index is 388. The van der Waals surface area contributed by atoms with E-state index in [1.807, 2.05) is 20.8 Å². The zero-order valence-electron chi connectivity index (χ0n) is 12.5. The lowest BCUT2D eigenvalue weighted by Gasteiger charge is -2.38. The van der Waals surface area contributed by atoms with Crippen LogP contribution in [0.1, 0.15) is 46.5 Å². The summed E-state index contributed by atoms with van der Waals surface area (Å²) in [6.45, 7) is 5.59. The van der Waals surface area contributed by atoms with Crippen LogP contribution in [0.4, 0.5) is 4.79 Å². The molecule has 114 valence electrons. The molecule has 0 aromatic carbocycles. The van der Waals surface area contributed by atoms with E-state index in [4.69, 9.17) is 9.47 Å². The Morgan fingerprint density at radius 3 is 2.55 bits per heavy atom. The molecule has 3 rings (SSSR count). The van der Waals surface area contributed by atoms with Gasteiger partial charge in [-0.2, -0.15) is 0 Å². The van der Waals surface area contributed by atoms with Crippen molar-refractivity contribution >= 4 is 6.09 Å². The first-order valence-corrected chi connectivity index (χ1v) is 7.66. The van der Waals surface area contributed by atoms with Gasteiger partial charge < -0.3 is 14.6 Å². The number of rotatable bonds is 3. The minimum Gasteiger partial charge on any atom is -0.444 e. The van der Waals surface area contributed by atoms with E-state index in [0.717, 1.165) is 25.7 Å². The van der Waals surface area contributed by atoms with Crippen LogP contribution in [0.5, 0.6) is 0 Å².